The predicted molar refractivity (Wildman–Crippen MR) is 89.0 cm³/mol. The molecule has 22 heavy (non-hydrogen) atoms. The number of nitrogens with one attached hydrogen (secondary N) is 1. The highest BCUT2D eigenvalue weighted by Gasteiger charge is 2.31. The van der Waals surface area contributed by atoms with Gasteiger partial charge in [0.05, 0.1) is 6.04 Å². The van der Waals surface area contributed by atoms with E-state index in [1.165, 1.54) is 16.7 Å². The molecule has 1 N–H and O–H groups in total. The molecule has 3 nitrogen and oxygen atoms in total. The largest absolute Gasteiger partial charge is 0.310 e. The molecule has 1 fully saturated rings. The van der Waals surface area contributed by atoms with Gasteiger partial charge in [-0.1, -0.05) is 42.5 Å². The van der Waals surface area contributed by atoms with E-state index >= 15 is 0 Å². The summed E-state index contributed by atoms with van der Waals surface area (Å²) in [6.45, 7) is 1.77. The quantitative estimate of drug-likeness (QED) is 0.923. The predicted octanol–water partition coefficient (Wildman–Crippen LogP) is 2.99. The van der Waals surface area contributed by atoms with Gasteiger partial charge < -0.3 is 10.2 Å². The highest BCUT2D eigenvalue weighted by molar-refractivity contribution is 5.99. The van der Waals surface area contributed by atoms with Crippen LogP contribution >= 0.6 is 0 Å². The molecule has 1 amide bonds. The molecule has 0 saturated carbocycles. The van der Waals surface area contributed by atoms with E-state index in [9.17, 15) is 4.79 Å². The van der Waals surface area contributed by atoms with Crippen molar-refractivity contribution in [3.63, 3.8) is 0 Å². The third-order valence-corrected chi connectivity index (χ3v) is 4.71. The molecule has 0 spiro atoms. The van der Waals surface area contributed by atoms with Crippen molar-refractivity contribution in [3.8, 4) is 11.1 Å². The fraction of sp³-hybridized carbons (Fsp3) is 0.316. The first kappa shape index (κ1) is 13.5. The van der Waals surface area contributed by atoms with Crippen LogP contribution in [0, 0.1) is 0 Å². The van der Waals surface area contributed by atoms with Gasteiger partial charge in [0, 0.05) is 12.2 Å². The van der Waals surface area contributed by atoms with Crippen LogP contribution in [0.4, 0.5) is 5.69 Å². The topological polar surface area (TPSA) is 32.3 Å². The molecule has 2 aromatic carbocycles. The van der Waals surface area contributed by atoms with Gasteiger partial charge in [0.2, 0.25) is 5.91 Å². The van der Waals surface area contributed by atoms with E-state index in [0.717, 1.165) is 38.0 Å². The van der Waals surface area contributed by atoms with Crippen LogP contribution in [0.3, 0.4) is 0 Å². The van der Waals surface area contributed by atoms with Crippen LogP contribution in [-0.2, 0) is 11.2 Å². The minimum Gasteiger partial charge on any atom is -0.310 e. The number of carbonyl (C=O) groups excluding carboxylic acids is 1. The molecule has 0 aromatic heterocycles. The van der Waals surface area contributed by atoms with Gasteiger partial charge >= 0.3 is 0 Å². The van der Waals surface area contributed by atoms with Crippen molar-refractivity contribution in [2.75, 3.05) is 18.0 Å². The summed E-state index contributed by atoms with van der Waals surface area (Å²) in [5.74, 6) is 0.237. The summed E-state index contributed by atoms with van der Waals surface area (Å²) in [4.78, 5) is 14.7. The summed E-state index contributed by atoms with van der Waals surface area (Å²) in [6, 6.07) is 16.9. The Morgan fingerprint density at radius 2 is 1.95 bits per heavy atom. The van der Waals surface area contributed by atoms with Crippen molar-refractivity contribution >= 4 is 11.6 Å². The monoisotopic (exact) mass is 292 g/mol. The molecule has 0 unspecified atom stereocenters. The molecule has 1 atom stereocenters. The lowest BCUT2D eigenvalue weighted by atomic mass is 10.0. The van der Waals surface area contributed by atoms with Crippen LogP contribution in [0.2, 0.25) is 0 Å². The SMILES string of the molecule is O=C([C@@H]1CCCN1)N1CCc2ccc(-c3ccccc3)cc21. The minimum atomic E-state index is 0.00586. The zero-order valence-electron chi connectivity index (χ0n) is 12.6. The van der Waals surface area contributed by atoms with E-state index in [1.807, 2.05) is 23.1 Å². The lowest BCUT2D eigenvalue weighted by molar-refractivity contribution is -0.120. The number of anilines is 1. The molecule has 2 aliphatic rings. The van der Waals surface area contributed by atoms with Gasteiger partial charge in [0.15, 0.2) is 0 Å². The number of hydrogen-bond acceptors (Lipinski definition) is 2. The summed E-state index contributed by atoms with van der Waals surface area (Å²) >= 11 is 0. The van der Waals surface area contributed by atoms with Gasteiger partial charge in [-0.15, -0.1) is 0 Å². The average Bonchev–Trinajstić information content (AvgIpc) is 3.24. The van der Waals surface area contributed by atoms with Crippen LogP contribution in [0.25, 0.3) is 11.1 Å². The Balaban J connectivity index is 1.67. The van der Waals surface area contributed by atoms with E-state index < -0.39 is 0 Å². The Kier molecular flexibility index (Phi) is 3.43. The van der Waals surface area contributed by atoms with Crippen LogP contribution in [0.5, 0.6) is 0 Å². The van der Waals surface area contributed by atoms with Gasteiger partial charge in [0.1, 0.15) is 0 Å². The lowest BCUT2D eigenvalue weighted by Gasteiger charge is -2.22. The maximum Gasteiger partial charge on any atom is 0.244 e. The zero-order chi connectivity index (χ0) is 14.9. The Bertz CT molecular complexity index is 690. The second kappa shape index (κ2) is 5.58. The number of hydrogen-bond donors (Lipinski definition) is 1. The summed E-state index contributed by atoms with van der Waals surface area (Å²) in [7, 11) is 0. The molecule has 112 valence electrons. The molecule has 2 aromatic rings. The summed E-state index contributed by atoms with van der Waals surface area (Å²) < 4.78 is 0. The highest BCUT2D eigenvalue weighted by Crippen LogP contribution is 2.33. The van der Waals surface area contributed by atoms with Crippen molar-refractivity contribution in [2.45, 2.75) is 25.3 Å². The van der Waals surface area contributed by atoms with Crippen LogP contribution < -0.4 is 10.2 Å². The third-order valence-electron chi connectivity index (χ3n) is 4.71. The standard InChI is InChI=1S/C19H20N2O/c22-19(17-7-4-11-20-17)21-12-10-15-8-9-16(13-18(15)21)14-5-2-1-3-6-14/h1-3,5-6,8-9,13,17,20H,4,7,10-12H2/t17-/m0/s1. The Morgan fingerprint density at radius 3 is 2.73 bits per heavy atom. The van der Waals surface area contributed by atoms with Gasteiger partial charge in [-0.05, 0) is 48.6 Å². The van der Waals surface area contributed by atoms with Crippen molar-refractivity contribution in [2.24, 2.45) is 0 Å². The van der Waals surface area contributed by atoms with Crippen LogP contribution in [0.15, 0.2) is 48.5 Å². The van der Waals surface area contributed by atoms with E-state index in [1.54, 1.807) is 0 Å². The Hall–Kier alpha value is -2.13. The second-order valence-electron chi connectivity index (χ2n) is 6.10. The van der Waals surface area contributed by atoms with Gasteiger partial charge in [-0.2, -0.15) is 0 Å². The average molecular weight is 292 g/mol. The van der Waals surface area contributed by atoms with Crippen molar-refractivity contribution in [1.82, 2.24) is 5.32 Å². The van der Waals surface area contributed by atoms with E-state index in [0.29, 0.717) is 0 Å². The van der Waals surface area contributed by atoms with Crippen LogP contribution in [0.1, 0.15) is 18.4 Å². The van der Waals surface area contributed by atoms with Crippen LogP contribution in [-0.4, -0.2) is 25.0 Å². The van der Waals surface area contributed by atoms with Gasteiger partial charge in [-0.3, -0.25) is 4.79 Å². The first-order valence-corrected chi connectivity index (χ1v) is 8.06. The molecular weight excluding hydrogens is 272 g/mol. The summed E-state index contributed by atoms with van der Waals surface area (Å²) in [5, 5.41) is 3.32. The molecule has 2 heterocycles. The summed E-state index contributed by atoms with van der Waals surface area (Å²) in [5.41, 5.74) is 4.76. The molecule has 2 aliphatic heterocycles. The Labute approximate surface area is 131 Å². The number of nitrogens with zero attached hydrogens (tertiary/aromatic N) is 1. The second-order valence-corrected chi connectivity index (χ2v) is 6.10. The number of carbonyl (C=O) groups is 1. The lowest BCUT2D eigenvalue weighted by Crippen LogP contribution is -2.42. The normalized spacial score (nSPS) is 20.2. The molecule has 0 radical (unpaired) electrons. The molecular formula is C19H20N2O. The first-order chi connectivity index (χ1) is 10.8. The molecule has 0 bridgehead atoms. The Morgan fingerprint density at radius 1 is 1.09 bits per heavy atom. The maximum atomic E-state index is 12.7. The maximum absolute atomic E-state index is 12.7. The van der Waals surface area contributed by atoms with E-state index in [4.69, 9.17) is 0 Å². The number of rotatable bonds is 2. The van der Waals surface area contributed by atoms with Crippen molar-refractivity contribution in [3.05, 3.63) is 54.1 Å². The number of amides is 1. The number of fused-ring (bicyclic) bond motifs is 1. The molecule has 4 rings (SSSR count). The van der Waals surface area contributed by atoms with E-state index in [2.05, 4.69) is 35.6 Å². The number of benzene rings is 2. The van der Waals surface area contributed by atoms with Gasteiger partial charge in [0.25, 0.3) is 0 Å². The summed E-state index contributed by atoms with van der Waals surface area (Å²) in [6.07, 6.45) is 3.02. The third kappa shape index (κ3) is 2.32. The molecule has 3 heteroatoms. The van der Waals surface area contributed by atoms with E-state index in [-0.39, 0.29) is 11.9 Å². The zero-order valence-corrected chi connectivity index (χ0v) is 12.6. The van der Waals surface area contributed by atoms with Crippen molar-refractivity contribution in [1.29, 1.82) is 0 Å². The molecule has 1 saturated heterocycles. The fourth-order valence-electron chi connectivity index (χ4n) is 3.50. The minimum absolute atomic E-state index is 0.00586. The first-order valence-electron chi connectivity index (χ1n) is 8.06. The fourth-order valence-corrected chi connectivity index (χ4v) is 3.50. The van der Waals surface area contributed by atoms with Gasteiger partial charge in [-0.25, -0.2) is 0 Å². The van der Waals surface area contributed by atoms with Crippen molar-refractivity contribution < 1.29 is 4.79 Å². The highest BCUT2D eigenvalue weighted by atomic mass is 16.2. The molecule has 0 aliphatic carbocycles. The smallest absolute Gasteiger partial charge is 0.244 e.